The second-order valence-electron chi connectivity index (χ2n) is 2.66. The number of rotatable bonds is 5. The van der Waals surface area contributed by atoms with Crippen molar-refractivity contribution in [2.75, 3.05) is 13.3 Å². The maximum absolute atomic E-state index is 11.8. The normalized spacial score (nSPS) is 9.86. The Morgan fingerprint density at radius 3 is 2.93 bits per heavy atom. The van der Waals surface area contributed by atoms with Crippen LogP contribution in [0.5, 0.6) is 5.75 Å². The summed E-state index contributed by atoms with van der Waals surface area (Å²) in [6.07, 6.45) is 0.942. The first-order valence-electron chi connectivity index (χ1n) is 4.22. The molecule has 0 unspecified atom stereocenters. The molecule has 0 aliphatic carbocycles. The number of carbonyl (C=O) groups excluding carboxylic acids is 1. The van der Waals surface area contributed by atoms with E-state index in [0.29, 0.717) is 29.0 Å². The fraction of sp³-hybridized carbons (Fsp3) is 0.300. The van der Waals surface area contributed by atoms with Gasteiger partial charge < -0.3 is 4.74 Å². The highest BCUT2D eigenvalue weighted by atomic mass is 35.5. The molecule has 0 N–H and O–H groups in total. The molecule has 0 heterocycles. The maximum Gasteiger partial charge on any atom is 0.155 e. The summed E-state index contributed by atoms with van der Waals surface area (Å²) in [5, 5.41) is 0.345. The molecule has 1 aromatic rings. The molecule has 76 valence electrons. The molecular formula is C10H10ClFO2. The molecule has 0 radical (unpaired) electrons. The molecule has 4 heteroatoms. The molecule has 1 aromatic carbocycles. The average molecular weight is 217 g/mol. The number of benzene rings is 1. The van der Waals surface area contributed by atoms with Crippen molar-refractivity contribution in [3.63, 3.8) is 0 Å². The van der Waals surface area contributed by atoms with Crippen LogP contribution in [0.4, 0.5) is 4.39 Å². The summed E-state index contributed by atoms with van der Waals surface area (Å²) in [6, 6.07) is 4.92. The van der Waals surface area contributed by atoms with Crippen molar-refractivity contribution < 1.29 is 13.9 Å². The lowest BCUT2D eigenvalue weighted by Gasteiger charge is -2.07. The van der Waals surface area contributed by atoms with Crippen LogP contribution >= 0.6 is 11.6 Å². The van der Waals surface area contributed by atoms with Gasteiger partial charge in [-0.25, -0.2) is 0 Å². The van der Waals surface area contributed by atoms with Crippen LogP contribution in [-0.4, -0.2) is 19.6 Å². The lowest BCUT2D eigenvalue weighted by molar-refractivity contribution is 0.111. The summed E-state index contributed by atoms with van der Waals surface area (Å²) < 4.78 is 17.0. The first kappa shape index (κ1) is 11.0. The summed E-state index contributed by atoms with van der Waals surface area (Å²) >= 11 is 5.76. The Hall–Kier alpha value is -1.09. The number of hydrogen-bond donors (Lipinski definition) is 0. The smallest absolute Gasteiger partial charge is 0.155 e. The van der Waals surface area contributed by atoms with Crippen LogP contribution in [0.1, 0.15) is 16.8 Å². The third-order valence-electron chi connectivity index (χ3n) is 1.67. The lowest BCUT2D eigenvalue weighted by Crippen LogP contribution is -2.00. The topological polar surface area (TPSA) is 26.3 Å². The summed E-state index contributed by atoms with van der Waals surface area (Å²) in [4.78, 5) is 10.6. The zero-order chi connectivity index (χ0) is 10.4. The highest BCUT2D eigenvalue weighted by Gasteiger charge is 2.06. The van der Waals surface area contributed by atoms with E-state index in [1.165, 1.54) is 0 Å². The minimum atomic E-state index is -0.434. The van der Waals surface area contributed by atoms with Crippen molar-refractivity contribution in [1.82, 2.24) is 0 Å². The SMILES string of the molecule is O=Cc1c(Cl)cccc1OCCCF. The van der Waals surface area contributed by atoms with E-state index >= 15 is 0 Å². The zero-order valence-corrected chi connectivity index (χ0v) is 8.26. The Kier molecular flexibility index (Phi) is 4.40. The second kappa shape index (κ2) is 5.60. The van der Waals surface area contributed by atoms with Gasteiger partial charge in [-0.2, -0.15) is 0 Å². The quantitative estimate of drug-likeness (QED) is 0.559. The van der Waals surface area contributed by atoms with Crippen LogP contribution in [0.2, 0.25) is 5.02 Å². The van der Waals surface area contributed by atoms with Crippen molar-refractivity contribution in [2.45, 2.75) is 6.42 Å². The largest absolute Gasteiger partial charge is 0.493 e. The van der Waals surface area contributed by atoms with Crippen LogP contribution in [-0.2, 0) is 0 Å². The molecule has 0 atom stereocenters. The Morgan fingerprint density at radius 2 is 2.29 bits per heavy atom. The van der Waals surface area contributed by atoms with E-state index < -0.39 is 6.67 Å². The molecule has 2 nitrogen and oxygen atoms in total. The molecule has 0 saturated heterocycles. The predicted octanol–water partition coefficient (Wildman–Crippen LogP) is 2.89. The number of aldehydes is 1. The molecule has 0 amide bonds. The van der Waals surface area contributed by atoms with E-state index in [2.05, 4.69) is 0 Å². The fourth-order valence-corrected chi connectivity index (χ4v) is 1.20. The number of hydrogen-bond acceptors (Lipinski definition) is 2. The zero-order valence-electron chi connectivity index (χ0n) is 7.50. The summed E-state index contributed by atoms with van der Waals surface area (Å²) in [7, 11) is 0. The van der Waals surface area contributed by atoms with Crippen LogP contribution in [0.25, 0.3) is 0 Å². The molecule has 0 saturated carbocycles. The molecule has 0 fully saturated rings. The Labute approximate surface area is 86.6 Å². The van der Waals surface area contributed by atoms with Crippen LogP contribution in [0, 0.1) is 0 Å². The summed E-state index contributed by atoms with van der Waals surface area (Å²) in [6.45, 7) is -0.186. The van der Waals surface area contributed by atoms with Gasteiger partial charge >= 0.3 is 0 Å². The van der Waals surface area contributed by atoms with Gasteiger partial charge in [0.2, 0.25) is 0 Å². The molecule has 0 aliphatic rings. The molecule has 0 aliphatic heterocycles. The second-order valence-corrected chi connectivity index (χ2v) is 3.07. The minimum absolute atomic E-state index is 0.248. The van der Waals surface area contributed by atoms with Gasteiger partial charge in [-0.15, -0.1) is 0 Å². The van der Waals surface area contributed by atoms with Crippen molar-refractivity contribution >= 4 is 17.9 Å². The first-order chi connectivity index (χ1) is 6.79. The van der Waals surface area contributed by atoms with E-state index in [1.807, 2.05) is 0 Å². The van der Waals surface area contributed by atoms with Gasteiger partial charge in [0.25, 0.3) is 0 Å². The summed E-state index contributed by atoms with van der Waals surface area (Å²) in [5.74, 6) is 0.404. The van der Waals surface area contributed by atoms with Crippen molar-refractivity contribution in [3.05, 3.63) is 28.8 Å². The van der Waals surface area contributed by atoms with E-state index in [9.17, 15) is 9.18 Å². The van der Waals surface area contributed by atoms with Crippen molar-refractivity contribution in [1.29, 1.82) is 0 Å². The van der Waals surface area contributed by atoms with E-state index in [0.717, 1.165) is 0 Å². The Bertz CT molecular complexity index is 315. The van der Waals surface area contributed by atoms with Crippen LogP contribution in [0.15, 0.2) is 18.2 Å². The third kappa shape index (κ3) is 2.70. The van der Waals surface area contributed by atoms with Gasteiger partial charge in [-0.3, -0.25) is 9.18 Å². The van der Waals surface area contributed by atoms with Gasteiger partial charge in [0, 0.05) is 6.42 Å². The van der Waals surface area contributed by atoms with Crippen LogP contribution < -0.4 is 4.74 Å². The van der Waals surface area contributed by atoms with Crippen LogP contribution in [0.3, 0.4) is 0 Å². The average Bonchev–Trinajstić information content (AvgIpc) is 2.18. The Balaban J connectivity index is 2.75. The van der Waals surface area contributed by atoms with E-state index in [4.69, 9.17) is 16.3 Å². The fourth-order valence-electron chi connectivity index (χ4n) is 0.994. The number of alkyl halides is 1. The molecule has 0 spiro atoms. The third-order valence-corrected chi connectivity index (χ3v) is 2.00. The minimum Gasteiger partial charge on any atom is -0.493 e. The monoisotopic (exact) mass is 216 g/mol. The standard InChI is InChI=1S/C10H10ClFO2/c11-9-3-1-4-10(8(9)7-13)14-6-2-5-12/h1,3-4,7H,2,5-6H2. The number of ether oxygens (including phenoxy) is 1. The van der Waals surface area contributed by atoms with Gasteiger partial charge in [0.15, 0.2) is 6.29 Å². The predicted molar refractivity (Wildman–Crippen MR) is 52.9 cm³/mol. The molecular weight excluding hydrogens is 207 g/mol. The van der Waals surface area contributed by atoms with Crippen molar-refractivity contribution in [2.24, 2.45) is 0 Å². The molecule has 0 aromatic heterocycles. The highest BCUT2D eigenvalue weighted by Crippen LogP contribution is 2.24. The Morgan fingerprint density at radius 1 is 1.50 bits per heavy atom. The van der Waals surface area contributed by atoms with Crippen molar-refractivity contribution in [3.8, 4) is 5.75 Å². The van der Waals surface area contributed by atoms with E-state index in [1.54, 1.807) is 18.2 Å². The number of carbonyl (C=O) groups is 1. The molecule has 14 heavy (non-hydrogen) atoms. The first-order valence-corrected chi connectivity index (χ1v) is 4.60. The van der Waals surface area contributed by atoms with E-state index in [-0.39, 0.29) is 6.61 Å². The molecule has 0 bridgehead atoms. The lowest BCUT2D eigenvalue weighted by atomic mass is 10.2. The number of halogens is 2. The molecule has 1 rings (SSSR count). The maximum atomic E-state index is 11.8. The summed E-state index contributed by atoms with van der Waals surface area (Å²) in [5.41, 5.74) is 0.313. The van der Waals surface area contributed by atoms with Gasteiger partial charge in [0.1, 0.15) is 5.75 Å². The highest BCUT2D eigenvalue weighted by molar-refractivity contribution is 6.33. The van der Waals surface area contributed by atoms with Gasteiger partial charge in [0.05, 0.1) is 23.9 Å². The van der Waals surface area contributed by atoms with Gasteiger partial charge in [-0.05, 0) is 12.1 Å². The van der Waals surface area contributed by atoms with Gasteiger partial charge in [-0.1, -0.05) is 17.7 Å².